The fourth-order valence-corrected chi connectivity index (χ4v) is 8.37. The molecule has 1 aliphatic carbocycles. The lowest BCUT2D eigenvalue weighted by atomic mass is 10.2. The number of halogens is 1. The van der Waals surface area contributed by atoms with Crippen molar-refractivity contribution >= 4 is 55.0 Å². The van der Waals surface area contributed by atoms with E-state index >= 15 is 0 Å². The maximum atomic E-state index is 13.4. The number of carbonyl (C=O) groups is 2. The topological polar surface area (TPSA) is 146 Å². The van der Waals surface area contributed by atoms with E-state index in [4.69, 9.17) is 16.3 Å². The number of carbonyl (C=O) groups excluding carboxylic acids is 2. The van der Waals surface area contributed by atoms with Gasteiger partial charge < -0.3 is 19.9 Å². The van der Waals surface area contributed by atoms with E-state index in [1.807, 2.05) is 4.90 Å². The monoisotopic (exact) mass is 639 g/mol. The van der Waals surface area contributed by atoms with Crippen LogP contribution >= 0.6 is 11.6 Å². The predicted molar refractivity (Wildman–Crippen MR) is 157 cm³/mol. The molecule has 1 N–H and O–H groups in total. The zero-order valence-corrected chi connectivity index (χ0v) is 26.0. The highest BCUT2D eigenvalue weighted by Gasteiger charge is 2.38. The number of ether oxygens (including phenoxy) is 1. The van der Waals surface area contributed by atoms with Crippen molar-refractivity contribution in [3.05, 3.63) is 41.6 Å². The molecule has 1 unspecified atom stereocenters. The minimum Gasteiger partial charge on any atom is -0.444 e. The number of nitrogens with zero attached hydrogens (tertiary/aromatic N) is 4. The molecule has 2 aromatic rings. The number of nitrogens with one attached hydrogen (secondary N) is 1. The Hall–Kier alpha value is -2.94. The van der Waals surface area contributed by atoms with E-state index in [2.05, 4.69) is 10.3 Å². The highest BCUT2D eigenvalue weighted by atomic mass is 35.5. The van der Waals surface area contributed by atoms with E-state index in [0.717, 1.165) is 0 Å². The molecule has 1 saturated carbocycles. The SMILES string of the molecule is CC(C)(C)OC(=O)NC1CC(=O)N(c2ccc(S(=O)(=O)N3CCN(c4cc(S(=O)(=O)C5CC5)cc(Cl)n4)CC3)cc2)C1. The van der Waals surface area contributed by atoms with Crippen LogP contribution in [0.4, 0.5) is 16.3 Å². The van der Waals surface area contributed by atoms with E-state index in [9.17, 15) is 26.4 Å². The van der Waals surface area contributed by atoms with Crippen molar-refractivity contribution in [2.45, 2.75) is 66.7 Å². The molecule has 3 aliphatic rings. The minimum atomic E-state index is -3.82. The maximum Gasteiger partial charge on any atom is 0.407 e. The zero-order valence-electron chi connectivity index (χ0n) is 23.6. The quantitative estimate of drug-likeness (QED) is 0.452. The lowest BCUT2D eigenvalue weighted by Gasteiger charge is -2.35. The van der Waals surface area contributed by atoms with Gasteiger partial charge in [0.1, 0.15) is 16.6 Å². The summed E-state index contributed by atoms with van der Waals surface area (Å²) in [4.78, 5) is 32.6. The van der Waals surface area contributed by atoms with E-state index < -0.39 is 37.6 Å². The van der Waals surface area contributed by atoms with E-state index in [0.29, 0.717) is 37.4 Å². The summed E-state index contributed by atoms with van der Waals surface area (Å²) in [6.45, 7) is 6.47. The Bertz CT molecular complexity index is 1580. The maximum absolute atomic E-state index is 13.4. The Morgan fingerprint density at radius 1 is 1.00 bits per heavy atom. The molecule has 3 heterocycles. The molecule has 2 amide bonds. The van der Waals surface area contributed by atoms with Crippen LogP contribution in [0.1, 0.15) is 40.0 Å². The molecule has 0 spiro atoms. The standard InChI is InChI=1S/C27H34ClN5O7S2/c1-27(2,3)40-26(35)29-18-14-25(34)33(17-18)19-4-6-21(7-5-19)42(38,39)32-12-10-31(11-13-32)24-16-22(15-23(28)30-24)41(36,37)20-8-9-20/h4-7,15-16,18,20H,8-14,17H2,1-3H3,(H,29,35). The van der Waals surface area contributed by atoms with Gasteiger partial charge in [0.15, 0.2) is 9.84 Å². The van der Waals surface area contributed by atoms with Crippen molar-refractivity contribution in [2.75, 3.05) is 42.5 Å². The van der Waals surface area contributed by atoms with Crippen molar-refractivity contribution in [2.24, 2.45) is 0 Å². The van der Waals surface area contributed by atoms with Gasteiger partial charge in [0.2, 0.25) is 15.9 Å². The lowest BCUT2D eigenvalue weighted by Crippen LogP contribution is -2.49. The Morgan fingerprint density at radius 2 is 1.64 bits per heavy atom. The highest BCUT2D eigenvalue weighted by Crippen LogP contribution is 2.35. The largest absolute Gasteiger partial charge is 0.444 e. The smallest absolute Gasteiger partial charge is 0.407 e. The number of sulfone groups is 1. The number of hydrogen-bond donors (Lipinski definition) is 1. The first-order valence-corrected chi connectivity index (χ1v) is 17.1. The van der Waals surface area contributed by atoms with Gasteiger partial charge in [-0.05, 0) is 70.0 Å². The number of aromatic nitrogens is 1. The van der Waals surface area contributed by atoms with Crippen molar-refractivity contribution in [1.82, 2.24) is 14.6 Å². The van der Waals surface area contributed by atoms with E-state index in [1.54, 1.807) is 32.9 Å². The summed E-state index contributed by atoms with van der Waals surface area (Å²) in [5.74, 6) is 0.211. The van der Waals surface area contributed by atoms with Crippen LogP contribution in [0.2, 0.25) is 5.15 Å². The van der Waals surface area contributed by atoms with Gasteiger partial charge in [0.05, 0.1) is 21.1 Å². The molecule has 1 aromatic heterocycles. The molecule has 1 aromatic carbocycles. The third-order valence-electron chi connectivity index (χ3n) is 7.24. The summed E-state index contributed by atoms with van der Waals surface area (Å²) in [5, 5.41) is 2.40. The number of sulfonamides is 1. The average molecular weight is 640 g/mol. The normalized spacial score (nSPS) is 20.6. The van der Waals surface area contributed by atoms with Gasteiger partial charge in [-0.25, -0.2) is 26.6 Å². The zero-order chi connectivity index (χ0) is 30.4. The second kappa shape index (κ2) is 11.3. The predicted octanol–water partition coefficient (Wildman–Crippen LogP) is 2.81. The molecule has 3 fully saturated rings. The molecule has 15 heteroatoms. The summed E-state index contributed by atoms with van der Waals surface area (Å²) in [5.41, 5.74) is -0.129. The van der Waals surface area contributed by atoms with Crippen LogP contribution in [0.5, 0.6) is 0 Å². The summed E-state index contributed by atoms with van der Waals surface area (Å²) >= 11 is 6.15. The highest BCUT2D eigenvalue weighted by molar-refractivity contribution is 7.92. The van der Waals surface area contributed by atoms with Crippen LogP contribution in [0.15, 0.2) is 46.2 Å². The minimum absolute atomic E-state index is 0.0743. The molecule has 42 heavy (non-hydrogen) atoms. The molecule has 0 radical (unpaired) electrons. The Labute approximate surface area is 250 Å². The van der Waals surface area contributed by atoms with Gasteiger partial charge in [0.25, 0.3) is 0 Å². The molecule has 1 atom stereocenters. The first kappa shape index (κ1) is 30.5. The molecule has 0 bridgehead atoms. The van der Waals surface area contributed by atoms with Gasteiger partial charge in [-0.1, -0.05) is 11.6 Å². The number of pyridine rings is 1. The number of benzene rings is 1. The fraction of sp³-hybridized carbons (Fsp3) is 0.519. The number of piperazine rings is 1. The molecule has 228 valence electrons. The molecule has 2 aliphatic heterocycles. The van der Waals surface area contributed by atoms with Crippen molar-refractivity contribution in [3.8, 4) is 0 Å². The molecular formula is C27H34ClN5O7S2. The van der Waals surface area contributed by atoms with Gasteiger partial charge in [-0.15, -0.1) is 0 Å². The van der Waals surface area contributed by atoms with E-state index in [-0.39, 0.29) is 52.2 Å². The van der Waals surface area contributed by atoms with Crippen LogP contribution in [-0.4, -0.2) is 87.7 Å². The number of alkyl carbamates (subject to hydrolysis) is 1. The summed E-state index contributed by atoms with van der Waals surface area (Å²) < 4.78 is 58.8. The number of anilines is 2. The van der Waals surface area contributed by atoms with Gasteiger partial charge >= 0.3 is 6.09 Å². The molecule has 2 saturated heterocycles. The van der Waals surface area contributed by atoms with Crippen LogP contribution in [0, 0.1) is 0 Å². The van der Waals surface area contributed by atoms with Crippen LogP contribution in [0.25, 0.3) is 0 Å². The van der Waals surface area contributed by atoms with Crippen LogP contribution < -0.4 is 15.1 Å². The number of amides is 2. The molecular weight excluding hydrogens is 606 g/mol. The third-order valence-corrected chi connectivity index (χ3v) is 11.6. The van der Waals surface area contributed by atoms with Crippen LogP contribution in [0.3, 0.4) is 0 Å². The van der Waals surface area contributed by atoms with Gasteiger partial charge in [0, 0.05) is 44.8 Å². The number of rotatable bonds is 7. The Balaban J connectivity index is 1.21. The van der Waals surface area contributed by atoms with Gasteiger partial charge in [-0.3, -0.25) is 4.79 Å². The third kappa shape index (κ3) is 6.66. The second-order valence-corrected chi connectivity index (χ2v) is 16.2. The summed E-state index contributed by atoms with van der Waals surface area (Å²) in [6, 6.07) is 8.53. The number of hydrogen-bond acceptors (Lipinski definition) is 9. The Kier molecular flexibility index (Phi) is 8.20. The first-order chi connectivity index (χ1) is 19.6. The lowest BCUT2D eigenvalue weighted by molar-refractivity contribution is -0.117. The first-order valence-electron chi connectivity index (χ1n) is 13.7. The molecule has 12 nitrogen and oxygen atoms in total. The van der Waals surface area contributed by atoms with Crippen LogP contribution in [-0.2, 0) is 29.4 Å². The van der Waals surface area contributed by atoms with Gasteiger partial charge in [-0.2, -0.15) is 4.31 Å². The van der Waals surface area contributed by atoms with Crippen molar-refractivity contribution in [3.63, 3.8) is 0 Å². The molecule has 5 rings (SSSR count). The van der Waals surface area contributed by atoms with Crippen molar-refractivity contribution < 1.29 is 31.2 Å². The summed E-state index contributed by atoms with van der Waals surface area (Å²) in [6.07, 6.45) is 0.780. The summed E-state index contributed by atoms with van der Waals surface area (Å²) in [7, 11) is -7.27. The fourth-order valence-electron chi connectivity index (χ4n) is 4.99. The van der Waals surface area contributed by atoms with E-state index in [1.165, 1.54) is 33.5 Å². The second-order valence-electron chi connectivity index (χ2n) is 11.7. The van der Waals surface area contributed by atoms with Crippen molar-refractivity contribution in [1.29, 1.82) is 0 Å². The average Bonchev–Trinajstić information content (AvgIpc) is 3.71. The Morgan fingerprint density at radius 3 is 2.24 bits per heavy atom.